The van der Waals surface area contributed by atoms with Crippen LogP contribution in [0.2, 0.25) is 0 Å². The maximum atomic E-state index is 12.9. The van der Waals surface area contributed by atoms with Crippen LogP contribution < -0.4 is 5.11 Å². The zero-order valence-corrected chi connectivity index (χ0v) is 48.3. The van der Waals surface area contributed by atoms with Gasteiger partial charge in [-0.1, -0.05) is 261 Å². The van der Waals surface area contributed by atoms with E-state index < -0.39 is 24.3 Å². The van der Waals surface area contributed by atoms with Crippen LogP contribution in [-0.2, 0) is 33.3 Å². The van der Waals surface area contributed by atoms with E-state index in [9.17, 15) is 19.5 Å². The monoisotopic (exact) mass is 1030 g/mol. The largest absolute Gasteiger partial charge is 0.545 e. The smallest absolute Gasteiger partial charge is 0.306 e. The summed E-state index contributed by atoms with van der Waals surface area (Å²) < 4.78 is 22.7. The zero-order chi connectivity index (χ0) is 53.4. The van der Waals surface area contributed by atoms with Crippen molar-refractivity contribution in [2.45, 2.75) is 283 Å². The first-order valence-corrected chi connectivity index (χ1v) is 30.4. The zero-order valence-electron chi connectivity index (χ0n) is 48.3. The first-order valence-electron chi connectivity index (χ1n) is 30.4. The van der Waals surface area contributed by atoms with Gasteiger partial charge in [-0.25, -0.2) is 0 Å². The van der Waals surface area contributed by atoms with Crippen LogP contribution in [-0.4, -0.2) is 82.3 Å². The number of quaternary nitrogens is 1. The predicted octanol–water partition coefficient (Wildman–Crippen LogP) is 16.7. The lowest BCUT2D eigenvalue weighted by Gasteiger charge is -2.26. The van der Waals surface area contributed by atoms with Gasteiger partial charge in [0.05, 0.1) is 40.3 Å². The Balaban J connectivity index is 4.14. The Labute approximate surface area is 450 Å². The topological polar surface area (TPSA) is 111 Å². The van der Waals surface area contributed by atoms with Gasteiger partial charge in [-0.3, -0.25) is 9.59 Å². The molecule has 73 heavy (non-hydrogen) atoms. The van der Waals surface area contributed by atoms with Crippen LogP contribution in [0.3, 0.4) is 0 Å². The standard InChI is InChI=1S/C64H115NO8/c1-6-8-10-12-14-16-18-20-22-24-25-26-27-28-29-30-31-32-33-34-35-36-37-39-41-43-45-47-49-51-53-55-62(67)73-60(59-72-64(63(68)69)70-57-56-65(3,4)5)58-71-61(66)54-52-50-48-46-44-42-40-38-23-21-19-17-15-13-11-9-7-2/h8,10,14,16,20,22,25-26,28-29,60,64H,6-7,9,11-13,15,17-19,21,23-24,27,30-59H2,1-5H3/b10-8-,16-14-,22-20-,26-25-,29-28-. The molecule has 0 aromatic carbocycles. The third-order valence-corrected chi connectivity index (χ3v) is 13.3. The Hall–Kier alpha value is -3.01. The number of rotatable bonds is 56. The number of carboxylic acids is 1. The highest BCUT2D eigenvalue weighted by Gasteiger charge is 2.22. The number of carboxylic acid groups (broad SMARTS) is 1. The number of hydrogen-bond acceptors (Lipinski definition) is 8. The van der Waals surface area contributed by atoms with Crippen LogP contribution in [0.4, 0.5) is 0 Å². The second-order valence-corrected chi connectivity index (χ2v) is 21.6. The summed E-state index contributed by atoms with van der Waals surface area (Å²) in [6, 6.07) is 0. The Kier molecular flexibility index (Phi) is 53.0. The molecule has 0 aliphatic carbocycles. The Morgan fingerprint density at radius 3 is 1.16 bits per heavy atom. The van der Waals surface area contributed by atoms with Crippen molar-refractivity contribution in [2.24, 2.45) is 0 Å². The lowest BCUT2D eigenvalue weighted by Crippen LogP contribution is -2.44. The minimum atomic E-state index is -1.62. The van der Waals surface area contributed by atoms with Gasteiger partial charge in [0.2, 0.25) is 0 Å². The third-order valence-electron chi connectivity index (χ3n) is 13.3. The highest BCUT2D eigenvalue weighted by molar-refractivity contribution is 5.70. The summed E-state index contributed by atoms with van der Waals surface area (Å²) in [5.74, 6) is -2.27. The molecule has 0 saturated carbocycles. The van der Waals surface area contributed by atoms with E-state index >= 15 is 0 Å². The third kappa shape index (κ3) is 56.6. The lowest BCUT2D eigenvalue weighted by atomic mass is 10.0. The molecule has 424 valence electrons. The molecular formula is C64H115NO8. The van der Waals surface area contributed by atoms with Crippen molar-refractivity contribution in [1.82, 2.24) is 0 Å². The fourth-order valence-electron chi connectivity index (χ4n) is 8.62. The number of esters is 2. The maximum absolute atomic E-state index is 12.9. The van der Waals surface area contributed by atoms with Crippen molar-refractivity contribution in [3.05, 3.63) is 60.8 Å². The van der Waals surface area contributed by atoms with E-state index in [0.29, 0.717) is 23.9 Å². The number of unbranched alkanes of at least 4 members (excludes halogenated alkanes) is 31. The van der Waals surface area contributed by atoms with E-state index in [1.54, 1.807) is 0 Å². The Morgan fingerprint density at radius 2 is 0.781 bits per heavy atom. The van der Waals surface area contributed by atoms with Crippen LogP contribution >= 0.6 is 0 Å². The summed E-state index contributed by atoms with van der Waals surface area (Å²) in [6.45, 7) is 4.67. The molecule has 0 amide bonds. The molecular weight excluding hydrogens is 911 g/mol. The summed E-state index contributed by atoms with van der Waals surface area (Å²) in [7, 11) is 5.93. The molecule has 0 saturated heterocycles. The molecule has 9 nitrogen and oxygen atoms in total. The number of carbonyl (C=O) groups excluding carboxylic acids is 3. The molecule has 0 rings (SSSR count). The summed E-state index contributed by atoms with van der Waals surface area (Å²) in [5.41, 5.74) is 0. The van der Waals surface area contributed by atoms with Gasteiger partial charge in [0, 0.05) is 12.8 Å². The van der Waals surface area contributed by atoms with Crippen molar-refractivity contribution < 1.29 is 42.9 Å². The number of nitrogens with zero attached hydrogens (tertiary/aromatic N) is 1. The van der Waals surface area contributed by atoms with Crippen LogP contribution in [0, 0.1) is 0 Å². The van der Waals surface area contributed by atoms with Crippen LogP contribution in [0.25, 0.3) is 0 Å². The lowest BCUT2D eigenvalue weighted by molar-refractivity contribution is -0.870. The van der Waals surface area contributed by atoms with Gasteiger partial charge in [0.1, 0.15) is 13.2 Å². The van der Waals surface area contributed by atoms with Crippen molar-refractivity contribution >= 4 is 17.9 Å². The van der Waals surface area contributed by atoms with Gasteiger partial charge < -0.3 is 33.3 Å². The Morgan fingerprint density at radius 1 is 0.425 bits per heavy atom. The number of likely N-dealkylation sites (N-methyl/N-ethyl adjacent to an activating group) is 1. The minimum absolute atomic E-state index is 0.148. The number of hydrogen-bond donors (Lipinski definition) is 0. The highest BCUT2D eigenvalue weighted by Crippen LogP contribution is 2.17. The first-order chi connectivity index (χ1) is 35.6. The van der Waals surface area contributed by atoms with Crippen molar-refractivity contribution in [2.75, 3.05) is 47.5 Å². The van der Waals surface area contributed by atoms with Gasteiger partial charge in [0.25, 0.3) is 0 Å². The van der Waals surface area contributed by atoms with Crippen molar-refractivity contribution in [3.8, 4) is 0 Å². The fourth-order valence-corrected chi connectivity index (χ4v) is 8.62. The average Bonchev–Trinajstić information content (AvgIpc) is 3.36. The highest BCUT2D eigenvalue weighted by atomic mass is 16.7. The SMILES string of the molecule is CC/C=C\C/C=C\C/C=C\C/C=C\C/C=C\CCCCCCCCCCCCCCCCCC(=O)OC(COC(=O)CCCCCCCCCCCCCCCCCCC)COC(OCC[N+](C)(C)C)C(=O)[O-]. The predicted molar refractivity (Wildman–Crippen MR) is 306 cm³/mol. The van der Waals surface area contributed by atoms with E-state index in [1.165, 1.54) is 173 Å². The summed E-state index contributed by atoms with van der Waals surface area (Å²) in [4.78, 5) is 37.3. The second-order valence-electron chi connectivity index (χ2n) is 21.6. The first kappa shape index (κ1) is 70.0. The summed E-state index contributed by atoms with van der Waals surface area (Å²) in [5, 5.41) is 11.8. The van der Waals surface area contributed by atoms with Gasteiger partial charge in [-0.2, -0.15) is 0 Å². The van der Waals surface area contributed by atoms with Gasteiger partial charge in [-0.05, 0) is 57.8 Å². The molecule has 0 aromatic heterocycles. The molecule has 9 heteroatoms. The van der Waals surface area contributed by atoms with E-state index in [1.807, 2.05) is 21.1 Å². The number of carbonyl (C=O) groups is 3. The minimum Gasteiger partial charge on any atom is -0.545 e. The average molecular weight is 1030 g/mol. The maximum Gasteiger partial charge on any atom is 0.306 e. The molecule has 0 bridgehead atoms. The molecule has 0 radical (unpaired) electrons. The fraction of sp³-hybridized carbons (Fsp3) is 0.797. The second kappa shape index (κ2) is 55.2. The molecule has 0 N–H and O–H groups in total. The van der Waals surface area contributed by atoms with Gasteiger partial charge in [-0.15, -0.1) is 0 Å². The molecule has 0 aromatic rings. The molecule has 0 aliphatic rings. The molecule has 0 heterocycles. The van der Waals surface area contributed by atoms with Crippen LogP contribution in [0.1, 0.15) is 271 Å². The van der Waals surface area contributed by atoms with E-state index in [0.717, 1.165) is 64.2 Å². The Bertz CT molecular complexity index is 1380. The van der Waals surface area contributed by atoms with E-state index in [2.05, 4.69) is 74.6 Å². The van der Waals surface area contributed by atoms with Crippen molar-refractivity contribution in [1.29, 1.82) is 0 Å². The van der Waals surface area contributed by atoms with Crippen LogP contribution in [0.5, 0.6) is 0 Å². The summed E-state index contributed by atoms with van der Waals surface area (Å²) >= 11 is 0. The van der Waals surface area contributed by atoms with Crippen molar-refractivity contribution in [3.63, 3.8) is 0 Å². The number of allylic oxidation sites excluding steroid dienone is 10. The number of aliphatic carboxylic acids is 1. The van der Waals surface area contributed by atoms with Gasteiger partial charge in [0.15, 0.2) is 12.4 Å². The normalized spacial score (nSPS) is 13.2. The summed E-state index contributed by atoms with van der Waals surface area (Å²) in [6.07, 6.45) is 67.0. The number of ether oxygens (including phenoxy) is 4. The molecule has 0 aliphatic heterocycles. The van der Waals surface area contributed by atoms with E-state index in [4.69, 9.17) is 18.9 Å². The van der Waals surface area contributed by atoms with E-state index in [-0.39, 0.29) is 32.2 Å². The van der Waals surface area contributed by atoms with Crippen LogP contribution in [0.15, 0.2) is 60.8 Å². The van der Waals surface area contributed by atoms with Gasteiger partial charge >= 0.3 is 11.9 Å². The quantitative estimate of drug-likeness (QED) is 0.0195. The molecule has 0 spiro atoms. The molecule has 0 fully saturated rings. The molecule has 2 unspecified atom stereocenters. The molecule has 2 atom stereocenters.